The van der Waals surface area contributed by atoms with E-state index in [-0.39, 0.29) is 5.78 Å². The summed E-state index contributed by atoms with van der Waals surface area (Å²) in [5, 5.41) is 4.03. The molecule has 1 aromatic heterocycles. The average molecular weight is 327 g/mol. The summed E-state index contributed by atoms with van der Waals surface area (Å²) in [7, 11) is 0. The zero-order chi connectivity index (χ0) is 16.8. The number of benzene rings is 1. The van der Waals surface area contributed by atoms with Crippen LogP contribution < -0.4 is 0 Å². The Hall–Kier alpha value is -1.94. The number of aryl methyl sites for hydroxylation is 2. The third-order valence-corrected chi connectivity index (χ3v) is 4.80. The fraction of sp³-hybridized carbons (Fsp3) is 0.500. The van der Waals surface area contributed by atoms with Crippen LogP contribution in [0.25, 0.3) is 0 Å². The van der Waals surface area contributed by atoms with Gasteiger partial charge >= 0.3 is 0 Å². The van der Waals surface area contributed by atoms with E-state index in [1.165, 1.54) is 5.56 Å². The van der Waals surface area contributed by atoms with E-state index in [1.54, 1.807) is 0 Å². The van der Waals surface area contributed by atoms with Gasteiger partial charge in [-0.1, -0.05) is 35.5 Å². The fourth-order valence-electron chi connectivity index (χ4n) is 3.23. The predicted molar refractivity (Wildman–Crippen MR) is 92.2 cm³/mol. The maximum Gasteiger partial charge on any atom is 0.185 e. The molecule has 1 unspecified atom stereocenters. The van der Waals surface area contributed by atoms with Gasteiger partial charge in [0.15, 0.2) is 11.5 Å². The maximum absolute atomic E-state index is 12.4. The Morgan fingerprint density at radius 3 is 2.83 bits per heavy atom. The first-order valence-electron chi connectivity index (χ1n) is 8.84. The first-order chi connectivity index (χ1) is 11.7. The summed E-state index contributed by atoms with van der Waals surface area (Å²) in [5.41, 5.74) is 2.75. The number of hydrogen-bond donors (Lipinski definition) is 0. The van der Waals surface area contributed by atoms with E-state index in [0.717, 1.165) is 56.6 Å². The summed E-state index contributed by atoms with van der Waals surface area (Å²) in [6.07, 6.45) is 5.30. The molecule has 4 nitrogen and oxygen atoms in total. The van der Waals surface area contributed by atoms with E-state index < -0.39 is 0 Å². The van der Waals surface area contributed by atoms with Gasteiger partial charge in [-0.25, -0.2) is 0 Å². The van der Waals surface area contributed by atoms with Gasteiger partial charge < -0.3 is 9.26 Å². The average Bonchev–Trinajstić information content (AvgIpc) is 3.24. The van der Waals surface area contributed by atoms with Gasteiger partial charge in [-0.2, -0.15) is 0 Å². The second-order valence-electron chi connectivity index (χ2n) is 6.61. The zero-order valence-corrected chi connectivity index (χ0v) is 14.3. The number of ketones is 1. The number of hydrogen-bond acceptors (Lipinski definition) is 4. The second kappa shape index (κ2) is 8.25. The summed E-state index contributed by atoms with van der Waals surface area (Å²) < 4.78 is 10.8. The molecule has 1 aliphatic heterocycles. The molecular formula is C20H25NO3. The smallest absolute Gasteiger partial charge is 0.185 e. The largest absolute Gasteiger partial charge is 0.381 e. The molecule has 2 aromatic rings. The summed E-state index contributed by atoms with van der Waals surface area (Å²) in [6, 6.07) is 10.4. The van der Waals surface area contributed by atoms with Crippen molar-refractivity contribution < 1.29 is 14.1 Å². The van der Waals surface area contributed by atoms with Crippen LogP contribution in [0.3, 0.4) is 0 Å². The SMILES string of the molecule is Cc1c(C(=O)CCC2CCOC2)noc1CCCc1ccccc1. The van der Waals surface area contributed by atoms with Crippen molar-refractivity contribution in [2.24, 2.45) is 5.92 Å². The molecule has 0 N–H and O–H groups in total. The maximum atomic E-state index is 12.4. The molecule has 0 amide bonds. The Balaban J connectivity index is 1.50. The highest BCUT2D eigenvalue weighted by atomic mass is 16.5. The summed E-state index contributed by atoms with van der Waals surface area (Å²) in [4.78, 5) is 12.4. The van der Waals surface area contributed by atoms with Gasteiger partial charge in [-0.15, -0.1) is 0 Å². The van der Waals surface area contributed by atoms with Crippen molar-refractivity contribution in [1.82, 2.24) is 5.16 Å². The lowest BCUT2D eigenvalue weighted by Gasteiger charge is -2.05. The van der Waals surface area contributed by atoms with Crippen molar-refractivity contribution in [3.05, 3.63) is 52.9 Å². The summed E-state index contributed by atoms with van der Waals surface area (Å²) >= 11 is 0. The molecule has 1 aliphatic rings. The molecule has 0 aliphatic carbocycles. The highest BCUT2D eigenvalue weighted by Gasteiger charge is 2.21. The molecule has 2 heterocycles. The van der Waals surface area contributed by atoms with Crippen molar-refractivity contribution in [2.75, 3.05) is 13.2 Å². The van der Waals surface area contributed by atoms with Gasteiger partial charge in [0.1, 0.15) is 5.76 Å². The Labute approximate surface area is 143 Å². The fourth-order valence-corrected chi connectivity index (χ4v) is 3.23. The van der Waals surface area contributed by atoms with Crippen LogP contribution in [0, 0.1) is 12.8 Å². The lowest BCUT2D eigenvalue weighted by molar-refractivity contribution is 0.0962. The van der Waals surface area contributed by atoms with Crippen LogP contribution in [-0.4, -0.2) is 24.2 Å². The van der Waals surface area contributed by atoms with E-state index in [2.05, 4.69) is 29.4 Å². The Morgan fingerprint density at radius 1 is 1.25 bits per heavy atom. The van der Waals surface area contributed by atoms with Crippen LogP contribution >= 0.6 is 0 Å². The number of ether oxygens (including phenoxy) is 1. The van der Waals surface area contributed by atoms with Gasteiger partial charge in [0.2, 0.25) is 0 Å². The number of aromatic nitrogens is 1. The minimum atomic E-state index is 0.0949. The van der Waals surface area contributed by atoms with E-state index in [9.17, 15) is 4.79 Å². The van der Waals surface area contributed by atoms with Crippen LogP contribution in [-0.2, 0) is 17.6 Å². The summed E-state index contributed by atoms with van der Waals surface area (Å²) in [5.74, 6) is 1.46. The van der Waals surface area contributed by atoms with Crippen LogP contribution in [0.4, 0.5) is 0 Å². The lowest BCUT2D eigenvalue weighted by Crippen LogP contribution is -2.07. The van der Waals surface area contributed by atoms with Crippen molar-refractivity contribution in [1.29, 1.82) is 0 Å². The number of carbonyl (C=O) groups excluding carboxylic acids is 1. The van der Waals surface area contributed by atoms with Crippen LogP contribution in [0.15, 0.2) is 34.9 Å². The number of nitrogens with zero attached hydrogens (tertiary/aromatic N) is 1. The molecule has 1 fully saturated rings. The lowest BCUT2D eigenvalue weighted by atomic mass is 9.98. The number of carbonyl (C=O) groups is 1. The second-order valence-corrected chi connectivity index (χ2v) is 6.61. The van der Waals surface area contributed by atoms with Crippen LogP contribution in [0.2, 0.25) is 0 Å². The van der Waals surface area contributed by atoms with Gasteiger partial charge in [0.05, 0.1) is 0 Å². The predicted octanol–water partition coefficient (Wildman–Crippen LogP) is 4.16. The third kappa shape index (κ3) is 4.32. The molecule has 0 saturated carbocycles. The molecule has 0 radical (unpaired) electrons. The van der Waals surface area contributed by atoms with E-state index in [0.29, 0.717) is 18.0 Å². The molecule has 1 aromatic carbocycles. The molecule has 0 spiro atoms. The first kappa shape index (κ1) is 16.9. The normalized spacial score (nSPS) is 17.3. The van der Waals surface area contributed by atoms with Crippen molar-refractivity contribution in [3.8, 4) is 0 Å². The van der Waals surface area contributed by atoms with Crippen molar-refractivity contribution >= 4 is 5.78 Å². The molecular weight excluding hydrogens is 302 g/mol. The minimum absolute atomic E-state index is 0.0949. The highest BCUT2D eigenvalue weighted by Crippen LogP contribution is 2.22. The topological polar surface area (TPSA) is 52.3 Å². The molecule has 1 atom stereocenters. The summed E-state index contributed by atoms with van der Waals surface area (Å²) in [6.45, 7) is 3.56. The molecule has 24 heavy (non-hydrogen) atoms. The van der Waals surface area contributed by atoms with Gasteiger partial charge in [0, 0.05) is 31.6 Å². The van der Waals surface area contributed by atoms with Gasteiger partial charge in [0.25, 0.3) is 0 Å². The molecule has 0 bridgehead atoms. The molecule has 1 saturated heterocycles. The van der Waals surface area contributed by atoms with E-state index >= 15 is 0 Å². The van der Waals surface area contributed by atoms with E-state index in [4.69, 9.17) is 9.26 Å². The number of Topliss-reactive ketones (excluding diaryl/α,β-unsaturated/α-hetero) is 1. The van der Waals surface area contributed by atoms with Gasteiger partial charge in [-0.3, -0.25) is 4.79 Å². The monoisotopic (exact) mass is 327 g/mol. The molecule has 128 valence electrons. The van der Waals surface area contributed by atoms with Crippen LogP contribution in [0.1, 0.15) is 53.1 Å². The first-order valence-corrected chi connectivity index (χ1v) is 8.84. The number of rotatable bonds is 8. The van der Waals surface area contributed by atoms with Crippen molar-refractivity contribution in [2.45, 2.75) is 45.4 Å². The quantitative estimate of drug-likeness (QED) is 0.683. The van der Waals surface area contributed by atoms with Gasteiger partial charge in [-0.05, 0) is 44.1 Å². The molecule has 3 rings (SSSR count). The Bertz CT molecular complexity index is 657. The minimum Gasteiger partial charge on any atom is -0.381 e. The Morgan fingerprint density at radius 2 is 2.08 bits per heavy atom. The Kier molecular flexibility index (Phi) is 5.81. The van der Waals surface area contributed by atoms with Crippen LogP contribution in [0.5, 0.6) is 0 Å². The highest BCUT2D eigenvalue weighted by molar-refractivity contribution is 5.95. The van der Waals surface area contributed by atoms with Crippen molar-refractivity contribution in [3.63, 3.8) is 0 Å². The zero-order valence-electron chi connectivity index (χ0n) is 14.3. The molecule has 4 heteroatoms. The standard InChI is InChI=1S/C20H25NO3/c1-15-19(9-5-8-16-6-3-2-4-7-16)24-21-20(15)18(22)11-10-17-12-13-23-14-17/h2-4,6-7,17H,5,8-14H2,1H3. The third-order valence-electron chi connectivity index (χ3n) is 4.80. The van der Waals surface area contributed by atoms with E-state index in [1.807, 2.05) is 13.0 Å².